The van der Waals surface area contributed by atoms with E-state index in [4.69, 9.17) is 29.9 Å². The van der Waals surface area contributed by atoms with E-state index in [0.29, 0.717) is 35.2 Å². The van der Waals surface area contributed by atoms with Crippen LogP contribution in [0.4, 0.5) is 11.9 Å². The van der Waals surface area contributed by atoms with Crippen LogP contribution in [0, 0.1) is 83.1 Å². The molecule has 0 saturated heterocycles. The zero-order chi connectivity index (χ0) is 39.6. The van der Waals surface area contributed by atoms with Crippen molar-refractivity contribution >= 4 is 11.9 Å². The normalized spacial score (nSPS) is 11.3. The molecule has 0 fully saturated rings. The monoisotopic (exact) mass is 732 g/mol. The molecule has 0 bridgehead atoms. The number of anilines is 2. The zero-order valence-electron chi connectivity index (χ0n) is 34.8. The van der Waals surface area contributed by atoms with Crippen LogP contribution in [0.5, 0.6) is 0 Å². The molecule has 2 aromatic heterocycles. The molecule has 0 saturated carbocycles. The lowest BCUT2D eigenvalue weighted by Gasteiger charge is -2.16. The fourth-order valence-electron chi connectivity index (χ4n) is 8.32. The van der Waals surface area contributed by atoms with Gasteiger partial charge >= 0.3 is 0 Å². The second-order valence-electron chi connectivity index (χ2n) is 15.6. The lowest BCUT2D eigenvalue weighted by atomic mass is 9.98. The molecular weight excluding hydrogens is 677 g/mol. The molecule has 55 heavy (non-hydrogen) atoms. The number of aryl methyl sites for hydroxylation is 12. The standard InChI is InChI=1S/C47H56N8/c1-26-18-30(5)38(31(6)19-26)42-50-43(39-32(7)20-27(2)21-33(39)8)53-46(52-42)48-16-14-13-15-17-49-47-54-44(40-34(9)22-28(3)23-35(40)10)51-45(55-47)41-36(11)24-29(4)25-37(41)12/h18-25H,13-17H2,1-12H3,(H,48,50,52,53)(H,49,51,54,55). The first-order valence-corrected chi connectivity index (χ1v) is 19.5. The zero-order valence-corrected chi connectivity index (χ0v) is 34.8. The fraction of sp³-hybridized carbons (Fsp3) is 0.362. The van der Waals surface area contributed by atoms with E-state index in [2.05, 4.69) is 142 Å². The largest absolute Gasteiger partial charge is 0.354 e. The second-order valence-corrected chi connectivity index (χ2v) is 15.6. The van der Waals surface area contributed by atoms with Crippen molar-refractivity contribution in [3.8, 4) is 45.6 Å². The Labute approximate surface area is 327 Å². The van der Waals surface area contributed by atoms with E-state index in [9.17, 15) is 0 Å². The Bertz CT molecular complexity index is 1980. The average Bonchev–Trinajstić information content (AvgIpc) is 3.06. The topological polar surface area (TPSA) is 101 Å². The van der Waals surface area contributed by atoms with Crippen LogP contribution in [0.25, 0.3) is 45.6 Å². The minimum absolute atomic E-state index is 0.602. The summed E-state index contributed by atoms with van der Waals surface area (Å²) in [5.41, 5.74) is 18.5. The van der Waals surface area contributed by atoms with Crippen molar-refractivity contribution in [3.63, 3.8) is 0 Å². The van der Waals surface area contributed by atoms with Crippen molar-refractivity contribution in [2.45, 2.75) is 102 Å². The van der Waals surface area contributed by atoms with Gasteiger partial charge in [0.2, 0.25) is 11.9 Å². The third kappa shape index (κ3) is 8.91. The van der Waals surface area contributed by atoms with Gasteiger partial charge < -0.3 is 10.6 Å². The predicted octanol–water partition coefficient (Wildman–Crippen LogP) is 11.1. The number of rotatable bonds is 12. The highest BCUT2D eigenvalue weighted by molar-refractivity contribution is 5.73. The molecule has 4 aromatic carbocycles. The molecule has 6 rings (SSSR count). The van der Waals surface area contributed by atoms with E-state index >= 15 is 0 Å². The Hall–Kier alpha value is -5.50. The number of aromatic nitrogens is 6. The molecule has 0 atom stereocenters. The van der Waals surface area contributed by atoms with Gasteiger partial charge in [-0.3, -0.25) is 0 Å². The first-order valence-electron chi connectivity index (χ1n) is 19.5. The smallest absolute Gasteiger partial charge is 0.226 e. The highest BCUT2D eigenvalue weighted by atomic mass is 15.2. The number of hydrogen-bond acceptors (Lipinski definition) is 8. The van der Waals surface area contributed by atoms with Gasteiger partial charge in [0.25, 0.3) is 0 Å². The number of unbranched alkanes of at least 4 members (excludes halogenated alkanes) is 2. The van der Waals surface area contributed by atoms with Crippen molar-refractivity contribution in [3.05, 3.63) is 115 Å². The Morgan fingerprint density at radius 3 is 0.745 bits per heavy atom. The van der Waals surface area contributed by atoms with Crippen LogP contribution in [0.3, 0.4) is 0 Å². The van der Waals surface area contributed by atoms with Gasteiger partial charge in [-0.1, -0.05) is 70.8 Å². The van der Waals surface area contributed by atoms with E-state index in [1.807, 2.05) is 0 Å². The van der Waals surface area contributed by atoms with Crippen LogP contribution in [0.1, 0.15) is 86.0 Å². The maximum Gasteiger partial charge on any atom is 0.226 e. The van der Waals surface area contributed by atoms with E-state index in [0.717, 1.165) is 99.1 Å². The van der Waals surface area contributed by atoms with Crippen molar-refractivity contribution in [2.75, 3.05) is 23.7 Å². The van der Waals surface area contributed by atoms with Crippen LogP contribution in [-0.2, 0) is 0 Å². The van der Waals surface area contributed by atoms with Gasteiger partial charge in [-0.2, -0.15) is 19.9 Å². The highest BCUT2D eigenvalue weighted by Gasteiger charge is 2.19. The van der Waals surface area contributed by atoms with Gasteiger partial charge in [0, 0.05) is 35.3 Å². The molecule has 0 aliphatic carbocycles. The maximum absolute atomic E-state index is 5.06. The van der Waals surface area contributed by atoms with Gasteiger partial charge in [-0.15, -0.1) is 0 Å². The SMILES string of the molecule is Cc1cc(C)c(-c2nc(NCCCCCNc3nc(-c4c(C)cc(C)cc4C)nc(-c4c(C)cc(C)cc4C)n3)nc(-c3c(C)cc(C)cc3C)n2)c(C)c1. The quantitative estimate of drug-likeness (QED) is 0.120. The number of hydrogen-bond donors (Lipinski definition) is 2. The van der Waals surface area contributed by atoms with Gasteiger partial charge in [-0.25, -0.2) is 9.97 Å². The molecule has 8 nitrogen and oxygen atoms in total. The Balaban J connectivity index is 1.18. The summed E-state index contributed by atoms with van der Waals surface area (Å²) in [6, 6.07) is 17.6. The highest BCUT2D eigenvalue weighted by Crippen LogP contribution is 2.33. The van der Waals surface area contributed by atoms with Gasteiger partial charge in [0.05, 0.1) is 0 Å². The molecule has 0 aliphatic heterocycles. The minimum Gasteiger partial charge on any atom is -0.354 e. The Morgan fingerprint density at radius 2 is 0.527 bits per heavy atom. The summed E-state index contributed by atoms with van der Waals surface area (Å²) in [5, 5.41) is 7.08. The summed E-state index contributed by atoms with van der Waals surface area (Å²) in [6.07, 6.45) is 2.93. The number of nitrogens with zero attached hydrogens (tertiary/aromatic N) is 6. The van der Waals surface area contributed by atoms with Crippen molar-refractivity contribution in [1.29, 1.82) is 0 Å². The molecule has 0 spiro atoms. The van der Waals surface area contributed by atoms with Crippen LogP contribution >= 0.6 is 0 Å². The van der Waals surface area contributed by atoms with E-state index < -0.39 is 0 Å². The lowest BCUT2D eigenvalue weighted by molar-refractivity contribution is 0.715. The molecule has 0 unspecified atom stereocenters. The van der Waals surface area contributed by atoms with E-state index in [-0.39, 0.29) is 0 Å². The van der Waals surface area contributed by atoms with E-state index in [1.165, 1.54) is 22.3 Å². The molecule has 0 radical (unpaired) electrons. The van der Waals surface area contributed by atoms with Crippen LogP contribution < -0.4 is 10.6 Å². The lowest BCUT2D eigenvalue weighted by Crippen LogP contribution is -2.11. The molecule has 0 amide bonds. The Morgan fingerprint density at radius 1 is 0.309 bits per heavy atom. The summed E-state index contributed by atoms with van der Waals surface area (Å²) >= 11 is 0. The third-order valence-electron chi connectivity index (χ3n) is 10.3. The second kappa shape index (κ2) is 16.5. The van der Waals surface area contributed by atoms with Gasteiger partial charge in [-0.05, 0) is 147 Å². The van der Waals surface area contributed by atoms with Crippen molar-refractivity contribution < 1.29 is 0 Å². The molecular formula is C47H56N8. The molecule has 2 N–H and O–H groups in total. The Kier molecular flexibility index (Phi) is 11.7. The number of nitrogens with one attached hydrogen (secondary N) is 2. The van der Waals surface area contributed by atoms with Crippen molar-refractivity contribution in [2.24, 2.45) is 0 Å². The fourth-order valence-corrected chi connectivity index (χ4v) is 8.32. The third-order valence-corrected chi connectivity index (χ3v) is 10.3. The molecule has 284 valence electrons. The summed E-state index contributed by atoms with van der Waals surface area (Å²) in [6.45, 7) is 27.1. The molecule has 8 heteroatoms. The molecule has 0 aliphatic rings. The summed E-state index contributed by atoms with van der Waals surface area (Å²) < 4.78 is 0. The molecule has 2 heterocycles. The summed E-state index contributed by atoms with van der Waals surface area (Å²) in [4.78, 5) is 30.0. The van der Waals surface area contributed by atoms with E-state index in [1.54, 1.807) is 0 Å². The first kappa shape index (κ1) is 39.2. The average molecular weight is 733 g/mol. The minimum atomic E-state index is 0.602. The van der Waals surface area contributed by atoms with Crippen LogP contribution in [0.15, 0.2) is 48.5 Å². The summed E-state index contributed by atoms with van der Waals surface area (Å²) in [7, 11) is 0. The van der Waals surface area contributed by atoms with Crippen LogP contribution in [0.2, 0.25) is 0 Å². The first-order chi connectivity index (χ1) is 26.2. The summed E-state index contributed by atoms with van der Waals surface area (Å²) in [5.74, 6) is 4.02. The molecule has 6 aromatic rings. The van der Waals surface area contributed by atoms with Gasteiger partial charge in [0.1, 0.15) is 0 Å². The van der Waals surface area contributed by atoms with Crippen LogP contribution in [-0.4, -0.2) is 43.0 Å². The number of benzene rings is 4. The maximum atomic E-state index is 5.06. The predicted molar refractivity (Wildman–Crippen MR) is 229 cm³/mol. The van der Waals surface area contributed by atoms with Gasteiger partial charge in [0.15, 0.2) is 23.3 Å². The van der Waals surface area contributed by atoms with Crippen molar-refractivity contribution in [1.82, 2.24) is 29.9 Å².